The average molecular weight is 304 g/mol. The summed E-state index contributed by atoms with van der Waals surface area (Å²) in [5, 5.41) is 5.93. The number of nitrogens with one attached hydrogen (secondary N) is 2. The number of rotatable bonds is 3. The van der Waals surface area contributed by atoms with Crippen LogP contribution in [0.5, 0.6) is 0 Å². The first-order valence-electron chi connectivity index (χ1n) is 6.87. The molecular formula is C14H16N4O2S. The quantitative estimate of drug-likeness (QED) is 0.894. The zero-order valence-electron chi connectivity index (χ0n) is 11.4. The molecule has 0 unspecified atom stereocenters. The number of piperidine rings is 1. The Morgan fingerprint density at radius 1 is 1.43 bits per heavy atom. The van der Waals surface area contributed by atoms with Gasteiger partial charge in [-0.3, -0.25) is 9.59 Å². The van der Waals surface area contributed by atoms with Crippen LogP contribution < -0.4 is 15.8 Å². The molecule has 0 aromatic carbocycles. The highest BCUT2D eigenvalue weighted by atomic mass is 32.1. The standard InChI is InChI=1S/C14H16N4O2S/c19-12-11(2-1-5-15-12)13(20)17-10-3-7-18(8-4-10)14-16-6-9-21-14/h1-2,5-6,9-10H,3-4,7-8H2,(H,15,19)(H,17,20). The van der Waals surface area contributed by atoms with E-state index in [2.05, 4.69) is 20.2 Å². The van der Waals surface area contributed by atoms with Crippen molar-refractivity contribution in [1.29, 1.82) is 0 Å². The van der Waals surface area contributed by atoms with E-state index in [0.717, 1.165) is 31.1 Å². The molecule has 0 spiro atoms. The van der Waals surface area contributed by atoms with E-state index in [9.17, 15) is 9.59 Å². The predicted molar refractivity (Wildman–Crippen MR) is 81.9 cm³/mol. The van der Waals surface area contributed by atoms with Crippen molar-refractivity contribution in [2.45, 2.75) is 18.9 Å². The van der Waals surface area contributed by atoms with Crippen LogP contribution >= 0.6 is 11.3 Å². The molecule has 0 aliphatic carbocycles. The second kappa shape index (κ2) is 6.09. The topological polar surface area (TPSA) is 78.1 Å². The lowest BCUT2D eigenvalue weighted by molar-refractivity contribution is 0.0929. The van der Waals surface area contributed by atoms with Crippen LogP contribution in [0, 0.1) is 0 Å². The number of carbonyl (C=O) groups excluding carboxylic acids is 1. The predicted octanol–water partition coefficient (Wildman–Crippen LogP) is 1.23. The lowest BCUT2D eigenvalue weighted by Crippen LogP contribution is -2.45. The Hall–Kier alpha value is -2.15. The SMILES string of the molecule is O=C(NC1CCN(c2nccs2)CC1)c1ccc[nH]c1=O. The monoisotopic (exact) mass is 304 g/mol. The average Bonchev–Trinajstić information content (AvgIpc) is 3.02. The number of hydrogen-bond donors (Lipinski definition) is 2. The number of hydrogen-bond acceptors (Lipinski definition) is 5. The molecule has 0 bridgehead atoms. The van der Waals surface area contributed by atoms with Crippen LogP contribution in [-0.4, -0.2) is 35.0 Å². The third kappa shape index (κ3) is 3.13. The summed E-state index contributed by atoms with van der Waals surface area (Å²) in [6.45, 7) is 1.73. The van der Waals surface area contributed by atoms with Crippen LogP contribution in [0.1, 0.15) is 23.2 Å². The summed E-state index contributed by atoms with van der Waals surface area (Å²) in [4.78, 5) is 32.7. The van der Waals surface area contributed by atoms with Crippen molar-refractivity contribution >= 4 is 22.4 Å². The van der Waals surface area contributed by atoms with Crippen molar-refractivity contribution in [1.82, 2.24) is 15.3 Å². The zero-order chi connectivity index (χ0) is 14.7. The van der Waals surface area contributed by atoms with Gasteiger partial charge in [0.2, 0.25) is 0 Å². The van der Waals surface area contributed by atoms with E-state index in [0.29, 0.717) is 0 Å². The highest BCUT2D eigenvalue weighted by Crippen LogP contribution is 2.21. The second-order valence-corrected chi connectivity index (χ2v) is 5.84. The van der Waals surface area contributed by atoms with Crippen LogP contribution in [-0.2, 0) is 0 Å². The van der Waals surface area contributed by atoms with Crippen LogP contribution in [0.2, 0.25) is 0 Å². The van der Waals surface area contributed by atoms with Crippen LogP contribution in [0.3, 0.4) is 0 Å². The molecule has 6 nitrogen and oxygen atoms in total. The van der Waals surface area contributed by atoms with Crippen molar-refractivity contribution in [2.24, 2.45) is 0 Å². The van der Waals surface area contributed by atoms with E-state index in [1.807, 2.05) is 5.38 Å². The molecule has 2 N–H and O–H groups in total. The summed E-state index contributed by atoms with van der Waals surface area (Å²) < 4.78 is 0. The van der Waals surface area contributed by atoms with E-state index in [-0.39, 0.29) is 23.1 Å². The van der Waals surface area contributed by atoms with Crippen LogP contribution in [0.25, 0.3) is 0 Å². The number of pyridine rings is 1. The van der Waals surface area contributed by atoms with Crippen molar-refractivity contribution in [3.63, 3.8) is 0 Å². The van der Waals surface area contributed by atoms with Gasteiger partial charge in [-0.25, -0.2) is 4.98 Å². The first-order valence-corrected chi connectivity index (χ1v) is 7.75. The molecule has 0 atom stereocenters. The minimum absolute atomic E-state index is 0.105. The van der Waals surface area contributed by atoms with Gasteiger partial charge in [-0.15, -0.1) is 11.3 Å². The fraction of sp³-hybridized carbons (Fsp3) is 0.357. The van der Waals surface area contributed by atoms with Crippen molar-refractivity contribution in [2.75, 3.05) is 18.0 Å². The third-order valence-electron chi connectivity index (χ3n) is 3.58. The molecule has 2 aromatic heterocycles. The van der Waals surface area contributed by atoms with E-state index >= 15 is 0 Å². The largest absolute Gasteiger partial charge is 0.349 e. The number of aromatic nitrogens is 2. The molecule has 1 aliphatic heterocycles. The lowest BCUT2D eigenvalue weighted by Gasteiger charge is -2.32. The summed E-state index contributed by atoms with van der Waals surface area (Å²) in [5.41, 5.74) is -0.185. The molecule has 0 saturated carbocycles. The molecule has 1 aliphatic rings. The Balaban J connectivity index is 1.57. The first-order chi connectivity index (χ1) is 10.2. The van der Waals surface area contributed by atoms with Gasteiger partial charge in [0.25, 0.3) is 11.5 Å². The molecule has 7 heteroatoms. The number of anilines is 1. The minimum Gasteiger partial charge on any atom is -0.349 e. The smallest absolute Gasteiger partial charge is 0.260 e. The summed E-state index contributed by atoms with van der Waals surface area (Å²) in [7, 11) is 0. The molecule has 1 saturated heterocycles. The van der Waals surface area contributed by atoms with Crippen LogP contribution in [0.15, 0.2) is 34.7 Å². The normalized spacial score (nSPS) is 15.9. The Bertz CT molecular complexity index is 660. The van der Waals surface area contributed by atoms with Gasteiger partial charge in [0.05, 0.1) is 0 Å². The highest BCUT2D eigenvalue weighted by molar-refractivity contribution is 7.13. The Morgan fingerprint density at radius 2 is 2.24 bits per heavy atom. The van der Waals surface area contributed by atoms with Crippen molar-refractivity contribution < 1.29 is 4.79 Å². The zero-order valence-corrected chi connectivity index (χ0v) is 12.2. The van der Waals surface area contributed by atoms with E-state index < -0.39 is 0 Å². The molecule has 1 fully saturated rings. The summed E-state index contributed by atoms with van der Waals surface area (Å²) in [6, 6.07) is 3.30. The van der Waals surface area contributed by atoms with Gasteiger partial charge in [-0.2, -0.15) is 0 Å². The number of nitrogens with zero attached hydrogens (tertiary/aromatic N) is 2. The second-order valence-electron chi connectivity index (χ2n) is 4.96. The number of H-pyrrole nitrogens is 1. The van der Waals surface area contributed by atoms with E-state index in [1.165, 1.54) is 6.20 Å². The number of amides is 1. The van der Waals surface area contributed by atoms with E-state index in [4.69, 9.17) is 0 Å². The summed E-state index contributed by atoms with van der Waals surface area (Å²) in [5.74, 6) is -0.301. The van der Waals surface area contributed by atoms with E-state index in [1.54, 1.807) is 29.7 Å². The van der Waals surface area contributed by atoms with Gasteiger partial charge in [-0.05, 0) is 25.0 Å². The fourth-order valence-corrected chi connectivity index (χ4v) is 3.15. The number of carbonyl (C=O) groups is 1. The van der Waals surface area contributed by atoms with Gasteiger partial charge in [0.15, 0.2) is 5.13 Å². The van der Waals surface area contributed by atoms with Crippen molar-refractivity contribution in [3.05, 3.63) is 45.8 Å². The lowest BCUT2D eigenvalue weighted by atomic mass is 10.0. The molecule has 21 heavy (non-hydrogen) atoms. The molecule has 0 radical (unpaired) electrons. The number of aromatic amines is 1. The molecule has 110 valence electrons. The Morgan fingerprint density at radius 3 is 2.90 bits per heavy atom. The number of thiazole rings is 1. The maximum Gasteiger partial charge on any atom is 0.260 e. The maximum atomic E-state index is 12.1. The van der Waals surface area contributed by atoms with Gasteiger partial charge in [0, 0.05) is 36.9 Å². The van der Waals surface area contributed by atoms with Gasteiger partial charge < -0.3 is 15.2 Å². The van der Waals surface area contributed by atoms with Crippen molar-refractivity contribution in [3.8, 4) is 0 Å². The molecule has 1 amide bonds. The highest BCUT2D eigenvalue weighted by Gasteiger charge is 2.23. The van der Waals surface area contributed by atoms with Gasteiger partial charge in [0.1, 0.15) is 5.56 Å². The van der Waals surface area contributed by atoms with Gasteiger partial charge in [-0.1, -0.05) is 0 Å². The Kier molecular flexibility index (Phi) is 4.01. The molecule has 2 aromatic rings. The minimum atomic E-state index is -0.352. The Labute approximate surface area is 125 Å². The summed E-state index contributed by atoms with van der Waals surface area (Å²) >= 11 is 1.63. The molecule has 3 rings (SSSR count). The first kappa shape index (κ1) is 13.8. The molecular weight excluding hydrogens is 288 g/mol. The summed E-state index contributed by atoms with van der Waals surface area (Å²) in [6.07, 6.45) is 5.04. The third-order valence-corrected chi connectivity index (χ3v) is 4.42. The van der Waals surface area contributed by atoms with Gasteiger partial charge >= 0.3 is 0 Å². The van der Waals surface area contributed by atoms with Crippen LogP contribution in [0.4, 0.5) is 5.13 Å². The molecule has 3 heterocycles. The fourth-order valence-electron chi connectivity index (χ4n) is 2.45. The maximum absolute atomic E-state index is 12.1.